The molecule has 2 aromatic rings. The van der Waals surface area contributed by atoms with Gasteiger partial charge in [-0.1, -0.05) is 17.7 Å². The third-order valence-electron chi connectivity index (χ3n) is 3.92. The second kappa shape index (κ2) is 6.50. The molecule has 0 bridgehead atoms. The Bertz CT molecular complexity index is 737. The summed E-state index contributed by atoms with van der Waals surface area (Å²) < 4.78 is 0. The van der Waals surface area contributed by atoms with Crippen LogP contribution in [0.3, 0.4) is 0 Å². The molecule has 1 atom stereocenters. The van der Waals surface area contributed by atoms with Crippen molar-refractivity contribution in [1.29, 1.82) is 0 Å². The second-order valence-electron chi connectivity index (χ2n) is 5.63. The van der Waals surface area contributed by atoms with Crippen LogP contribution in [0.25, 0.3) is 0 Å². The largest absolute Gasteiger partial charge is 0.356 e. The molecule has 2 amide bonds. The SMILES string of the molecule is CCNC(=O)C1CCc2sc(NC(=O)c3ccc(C)cc3)nc21. The van der Waals surface area contributed by atoms with Crippen LogP contribution in [0.4, 0.5) is 5.13 Å². The summed E-state index contributed by atoms with van der Waals surface area (Å²) in [4.78, 5) is 29.9. The Morgan fingerprint density at radius 1 is 1.30 bits per heavy atom. The molecule has 1 aromatic heterocycles. The molecule has 0 fully saturated rings. The number of carbonyl (C=O) groups excluding carboxylic acids is 2. The minimum atomic E-state index is -0.189. The quantitative estimate of drug-likeness (QED) is 0.906. The number of aryl methyl sites for hydroxylation is 2. The fraction of sp³-hybridized carbons (Fsp3) is 0.353. The van der Waals surface area contributed by atoms with E-state index in [4.69, 9.17) is 0 Å². The van der Waals surface area contributed by atoms with E-state index in [1.54, 1.807) is 12.1 Å². The van der Waals surface area contributed by atoms with Crippen molar-refractivity contribution in [3.05, 3.63) is 46.0 Å². The van der Waals surface area contributed by atoms with Crippen LogP contribution in [0.5, 0.6) is 0 Å². The topological polar surface area (TPSA) is 71.1 Å². The van der Waals surface area contributed by atoms with Gasteiger partial charge in [0.05, 0.1) is 11.6 Å². The lowest BCUT2D eigenvalue weighted by molar-refractivity contribution is -0.122. The maximum absolute atomic E-state index is 12.2. The fourth-order valence-electron chi connectivity index (χ4n) is 2.71. The van der Waals surface area contributed by atoms with Gasteiger partial charge in [0.1, 0.15) is 0 Å². The minimum Gasteiger partial charge on any atom is -0.356 e. The Balaban J connectivity index is 1.73. The molecular formula is C17H19N3O2S. The molecule has 3 rings (SSSR count). The number of anilines is 1. The average molecular weight is 329 g/mol. The zero-order valence-corrected chi connectivity index (χ0v) is 14.0. The van der Waals surface area contributed by atoms with E-state index in [0.29, 0.717) is 17.2 Å². The van der Waals surface area contributed by atoms with Gasteiger partial charge in [-0.2, -0.15) is 0 Å². The van der Waals surface area contributed by atoms with Crippen LogP contribution in [0.15, 0.2) is 24.3 Å². The van der Waals surface area contributed by atoms with E-state index in [1.165, 1.54) is 11.3 Å². The number of carbonyl (C=O) groups is 2. The van der Waals surface area contributed by atoms with Crippen LogP contribution in [0, 0.1) is 6.92 Å². The van der Waals surface area contributed by atoms with Gasteiger partial charge in [-0.25, -0.2) is 4.98 Å². The zero-order valence-electron chi connectivity index (χ0n) is 13.2. The van der Waals surface area contributed by atoms with E-state index in [0.717, 1.165) is 29.0 Å². The predicted molar refractivity (Wildman–Crippen MR) is 91.0 cm³/mol. The van der Waals surface area contributed by atoms with E-state index in [-0.39, 0.29) is 17.7 Å². The number of likely N-dealkylation sites (N-methyl/N-ethyl adjacent to an activating group) is 1. The number of rotatable bonds is 4. The van der Waals surface area contributed by atoms with Crippen molar-refractivity contribution < 1.29 is 9.59 Å². The van der Waals surface area contributed by atoms with Crippen LogP contribution in [-0.4, -0.2) is 23.3 Å². The Morgan fingerprint density at radius 2 is 2.04 bits per heavy atom. The molecule has 5 nitrogen and oxygen atoms in total. The molecule has 1 heterocycles. The maximum Gasteiger partial charge on any atom is 0.257 e. The summed E-state index contributed by atoms with van der Waals surface area (Å²) in [5, 5.41) is 6.25. The van der Waals surface area contributed by atoms with Crippen LogP contribution in [0.1, 0.15) is 45.8 Å². The summed E-state index contributed by atoms with van der Waals surface area (Å²) in [5.41, 5.74) is 2.53. The Hall–Kier alpha value is -2.21. The lowest BCUT2D eigenvalue weighted by Gasteiger charge is -2.08. The molecule has 120 valence electrons. The number of hydrogen-bond donors (Lipinski definition) is 2. The summed E-state index contributed by atoms with van der Waals surface area (Å²) in [6, 6.07) is 7.40. The lowest BCUT2D eigenvalue weighted by atomic mass is 10.1. The third-order valence-corrected chi connectivity index (χ3v) is 4.97. The summed E-state index contributed by atoms with van der Waals surface area (Å²) in [5.74, 6) is -0.342. The lowest BCUT2D eigenvalue weighted by Crippen LogP contribution is -2.28. The number of benzene rings is 1. The Labute approximate surface area is 139 Å². The van der Waals surface area contributed by atoms with E-state index in [9.17, 15) is 9.59 Å². The Morgan fingerprint density at radius 3 is 2.74 bits per heavy atom. The van der Waals surface area contributed by atoms with Crippen molar-refractivity contribution in [1.82, 2.24) is 10.3 Å². The van der Waals surface area contributed by atoms with Crippen LogP contribution >= 0.6 is 11.3 Å². The average Bonchev–Trinajstić information content (AvgIpc) is 3.07. The van der Waals surface area contributed by atoms with Crippen LogP contribution in [0.2, 0.25) is 0 Å². The second-order valence-corrected chi connectivity index (χ2v) is 6.72. The number of thiazole rings is 1. The van der Waals surface area contributed by atoms with E-state index in [2.05, 4.69) is 15.6 Å². The molecule has 0 spiro atoms. The van der Waals surface area contributed by atoms with Crippen LogP contribution < -0.4 is 10.6 Å². The van der Waals surface area contributed by atoms with Crippen LogP contribution in [-0.2, 0) is 11.2 Å². The minimum absolute atomic E-state index is 0.0213. The summed E-state index contributed by atoms with van der Waals surface area (Å²) in [6.45, 7) is 4.50. The summed E-state index contributed by atoms with van der Waals surface area (Å²) >= 11 is 1.46. The van der Waals surface area contributed by atoms with Gasteiger partial charge >= 0.3 is 0 Å². The number of nitrogens with one attached hydrogen (secondary N) is 2. The molecule has 2 N–H and O–H groups in total. The smallest absolute Gasteiger partial charge is 0.257 e. The standard InChI is InChI=1S/C17H19N3O2S/c1-3-18-16(22)12-8-9-13-14(12)19-17(23-13)20-15(21)11-6-4-10(2)5-7-11/h4-7,12H,3,8-9H2,1-2H3,(H,18,22)(H,19,20,21). The van der Waals surface area contributed by atoms with Crippen molar-refractivity contribution in [3.63, 3.8) is 0 Å². The first-order valence-electron chi connectivity index (χ1n) is 7.73. The molecule has 1 unspecified atom stereocenters. The van der Waals surface area contributed by atoms with E-state index < -0.39 is 0 Å². The Kier molecular flexibility index (Phi) is 4.43. The van der Waals surface area contributed by atoms with Gasteiger partial charge < -0.3 is 5.32 Å². The molecule has 6 heteroatoms. The van der Waals surface area contributed by atoms with Crippen molar-refractivity contribution in [2.75, 3.05) is 11.9 Å². The normalized spacial score (nSPS) is 16.0. The first-order valence-corrected chi connectivity index (χ1v) is 8.55. The van der Waals surface area contributed by atoms with Gasteiger partial charge in [0.25, 0.3) is 5.91 Å². The third kappa shape index (κ3) is 3.27. The molecular weight excluding hydrogens is 310 g/mol. The van der Waals surface area contributed by atoms with Gasteiger partial charge in [0.15, 0.2) is 5.13 Å². The molecule has 0 radical (unpaired) electrons. The molecule has 1 aliphatic rings. The van der Waals surface area contributed by atoms with Gasteiger partial charge in [-0.05, 0) is 38.8 Å². The first-order chi connectivity index (χ1) is 11.1. The summed E-state index contributed by atoms with van der Waals surface area (Å²) in [6.07, 6.45) is 1.64. The molecule has 0 aliphatic heterocycles. The number of amides is 2. The summed E-state index contributed by atoms with van der Waals surface area (Å²) in [7, 11) is 0. The van der Waals surface area contributed by atoms with Gasteiger partial charge in [-0.15, -0.1) is 11.3 Å². The highest BCUT2D eigenvalue weighted by atomic mass is 32.1. The highest BCUT2D eigenvalue weighted by Crippen LogP contribution is 2.38. The molecule has 0 saturated heterocycles. The van der Waals surface area contributed by atoms with Gasteiger partial charge in [0.2, 0.25) is 5.91 Å². The van der Waals surface area contributed by atoms with Gasteiger partial charge in [0, 0.05) is 17.0 Å². The fourth-order valence-corrected chi connectivity index (χ4v) is 3.74. The molecule has 0 saturated carbocycles. The van der Waals surface area contributed by atoms with E-state index in [1.807, 2.05) is 26.0 Å². The zero-order chi connectivity index (χ0) is 16.4. The predicted octanol–water partition coefficient (Wildman–Crippen LogP) is 2.87. The number of fused-ring (bicyclic) bond motifs is 1. The molecule has 1 aromatic carbocycles. The molecule has 23 heavy (non-hydrogen) atoms. The highest BCUT2D eigenvalue weighted by Gasteiger charge is 2.32. The number of aromatic nitrogens is 1. The number of nitrogens with zero attached hydrogens (tertiary/aromatic N) is 1. The maximum atomic E-state index is 12.2. The number of hydrogen-bond acceptors (Lipinski definition) is 4. The van der Waals surface area contributed by atoms with Gasteiger partial charge in [-0.3, -0.25) is 14.9 Å². The van der Waals surface area contributed by atoms with E-state index >= 15 is 0 Å². The highest BCUT2D eigenvalue weighted by molar-refractivity contribution is 7.16. The van der Waals surface area contributed by atoms with Crippen molar-refractivity contribution in [3.8, 4) is 0 Å². The first kappa shape index (κ1) is 15.7. The van der Waals surface area contributed by atoms with Crippen molar-refractivity contribution in [2.24, 2.45) is 0 Å². The van der Waals surface area contributed by atoms with Crippen molar-refractivity contribution in [2.45, 2.75) is 32.6 Å². The molecule has 1 aliphatic carbocycles. The van der Waals surface area contributed by atoms with Crippen molar-refractivity contribution >= 4 is 28.3 Å². The monoisotopic (exact) mass is 329 g/mol.